The monoisotopic (exact) mass is 375 g/mol. The van der Waals surface area contributed by atoms with E-state index in [2.05, 4.69) is 10.3 Å². The van der Waals surface area contributed by atoms with Crippen molar-refractivity contribution in [3.8, 4) is 5.75 Å². The normalized spacial score (nSPS) is 12.1. The van der Waals surface area contributed by atoms with Gasteiger partial charge in [0, 0.05) is 17.0 Å². The van der Waals surface area contributed by atoms with Crippen molar-refractivity contribution < 1.29 is 23.8 Å². The van der Waals surface area contributed by atoms with E-state index in [1.165, 1.54) is 11.3 Å². The highest BCUT2D eigenvalue weighted by atomic mass is 32.1. The van der Waals surface area contributed by atoms with Crippen LogP contribution in [0.3, 0.4) is 0 Å². The summed E-state index contributed by atoms with van der Waals surface area (Å²) in [5.74, 6) is -0.443. The molecule has 1 unspecified atom stereocenters. The number of benzene rings is 1. The number of carbonyl (C=O) groups excluding carboxylic acids is 2. The van der Waals surface area contributed by atoms with Crippen LogP contribution in [-0.2, 0) is 11.4 Å². The summed E-state index contributed by atoms with van der Waals surface area (Å²) in [6.07, 6.45) is 1.70. The van der Waals surface area contributed by atoms with E-state index in [1.54, 1.807) is 31.3 Å². The van der Waals surface area contributed by atoms with Crippen molar-refractivity contribution in [1.29, 1.82) is 0 Å². The van der Waals surface area contributed by atoms with Gasteiger partial charge >= 0.3 is 0 Å². The standard InChI is InChI=1S/C17H17N3O5S/c1-9-15(17(23)20-12(7-21)16(18)22)11-6-10(2-3-13(11)25-9)24-8-14-19-4-5-26-14/h2-6,12,21H,7-8H2,1H3,(H2,18,22)(H,20,23). The van der Waals surface area contributed by atoms with Crippen LogP contribution in [0, 0.1) is 6.92 Å². The van der Waals surface area contributed by atoms with Crippen molar-refractivity contribution in [3.05, 3.63) is 46.1 Å². The van der Waals surface area contributed by atoms with Crippen LogP contribution in [0.25, 0.3) is 11.0 Å². The molecule has 136 valence electrons. The highest BCUT2D eigenvalue weighted by Gasteiger charge is 2.23. The van der Waals surface area contributed by atoms with E-state index in [-0.39, 0.29) is 5.56 Å². The first-order valence-electron chi connectivity index (χ1n) is 7.75. The predicted molar refractivity (Wildman–Crippen MR) is 94.9 cm³/mol. The number of furan rings is 1. The van der Waals surface area contributed by atoms with Gasteiger partial charge < -0.3 is 25.3 Å². The summed E-state index contributed by atoms with van der Waals surface area (Å²) in [7, 11) is 0. The molecule has 0 bridgehead atoms. The molecule has 0 aliphatic carbocycles. The fraction of sp³-hybridized carbons (Fsp3) is 0.235. The predicted octanol–water partition coefficient (Wildman–Crippen LogP) is 1.35. The van der Waals surface area contributed by atoms with Gasteiger partial charge in [0.05, 0.1) is 12.2 Å². The van der Waals surface area contributed by atoms with Crippen LogP contribution in [0.15, 0.2) is 34.2 Å². The molecule has 3 rings (SSSR count). The Morgan fingerprint density at radius 1 is 1.46 bits per heavy atom. The second kappa shape index (κ2) is 7.54. The number of carbonyl (C=O) groups is 2. The maximum Gasteiger partial charge on any atom is 0.256 e. The Balaban J connectivity index is 1.87. The van der Waals surface area contributed by atoms with E-state index < -0.39 is 24.5 Å². The van der Waals surface area contributed by atoms with Crippen molar-refractivity contribution in [2.24, 2.45) is 5.73 Å². The lowest BCUT2D eigenvalue weighted by Crippen LogP contribution is -2.46. The van der Waals surface area contributed by atoms with Gasteiger partial charge in [0.2, 0.25) is 5.91 Å². The molecular weight excluding hydrogens is 358 g/mol. The average molecular weight is 375 g/mol. The summed E-state index contributed by atoms with van der Waals surface area (Å²) in [5, 5.41) is 14.8. The minimum absolute atomic E-state index is 0.263. The lowest BCUT2D eigenvalue weighted by Gasteiger charge is -2.12. The zero-order chi connectivity index (χ0) is 18.7. The first-order valence-corrected chi connectivity index (χ1v) is 8.63. The summed E-state index contributed by atoms with van der Waals surface area (Å²) >= 11 is 1.48. The lowest BCUT2D eigenvalue weighted by atomic mass is 10.1. The summed E-state index contributed by atoms with van der Waals surface area (Å²) in [6, 6.07) is 3.96. The fourth-order valence-corrected chi connectivity index (χ4v) is 3.01. The van der Waals surface area contributed by atoms with Crippen molar-refractivity contribution in [1.82, 2.24) is 10.3 Å². The van der Waals surface area contributed by atoms with Crippen LogP contribution in [0.1, 0.15) is 21.1 Å². The summed E-state index contributed by atoms with van der Waals surface area (Å²) < 4.78 is 11.3. The van der Waals surface area contributed by atoms with E-state index >= 15 is 0 Å². The highest BCUT2D eigenvalue weighted by Crippen LogP contribution is 2.29. The lowest BCUT2D eigenvalue weighted by molar-refractivity contribution is -0.120. The molecule has 2 amide bonds. The number of aliphatic hydroxyl groups is 1. The van der Waals surface area contributed by atoms with E-state index in [4.69, 9.17) is 20.0 Å². The fourth-order valence-electron chi connectivity index (χ4n) is 2.48. The van der Waals surface area contributed by atoms with Gasteiger partial charge in [0.15, 0.2) is 0 Å². The molecule has 0 aliphatic rings. The number of nitrogens with zero attached hydrogens (tertiary/aromatic N) is 1. The number of thiazole rings is 1. The molecule has 1 atom stereocenters. The van der Waals surface area contributed by atoms with Crippen LogP contribution < -0.4 is 15.8 Å². The Kier molecular flexibility index (Phi) is 5.19. The number of ether oxygens (including phenoxy) is 1. The van der Waals surface area contributed by atoms with Gasteiger partial charge in [-0.05, 0) is 25.1 Å². The largest absolute Gasteiger partial charge is 0.486 e. The Bertz CT molecular complexity index is 935. The number of aromatic nitrogens is 1. The first-order chi connectivity index (χ1) is 12.5. The molecule has 9 heteroatoms. The zero-order valence-corrected chi connectivity index (χ0v) is 14.7. The molecule has 0 saturated heterocycles. The molecule has 0 spiro atoms. The van der Waals surface area contributed by atoms with E-state index in [1.807, 2.05) is 5.38 Å². The van der Waals surface area contributed by atoms with Crippen LogP contribution in [0.5, 0.6) is 5.75 Å². The molecule has 3 aromatic rings. The van der Waals surface area contributed by atoms with Crippen molar-refractivity contribution in [3.63, 3.8) is 0 Å². The number of hydrogen-bond donors (Lipinski definition) is 3. The Morgan fingerprint density at radius 3 is 2.92 bits per heavy atom. The Hall–Kier alpha value is -2.91. The maximum absolute atomic E-state index is 12.5. The molecule has 8 nitrogen and oxygen atoms in total. The second-order valence-electron chi connectivity index (χ2n) is 5.52. The molecule has 0 saturated carbocycles. The molecule has 4 N–H and O–H groups in total. The SMILES string of the molecule is Cc1oc2ccc(OCc3nccs3)cc2c1C(=O)NC(CO)C(N)=O. The van der Waals surface area contributed by atoms with Gasteiger partial charge in [-0.2, -0.15) is 0 Å². The van der Waals surface area contributed by atoms with Crippen LogP contribution in [-0.4, -0.2) is 34.6 Å². The van der Waals surface area contributed by atoms with Crippen LogP contribution in [0.2, 0.25) is 0 Å². The number of aryl methyl sites for hydroxylation is 1. The van der Waals surface area contributed by atoms with Gasteiger partial charge in [-0.1, -0.05) is 0 Å². The van der Waals surface area contributed by atoms with Crippen molar-refractivity contribution >= 4 is 34.1 Å². The molecule has 0 fully saturated rings. The molecule has 2 heterocycles. The number of hydrogen-bond acceptors (Lipinski definition) is 7. The molecule has 1 aromatic carbocycles. The topological polar surface area (TPSA) is 128 Å². The van der Waals surface area contributed by atoms with Gasteiger partial charge in [-0.15, -0.1) is 11.3 Å². The summed E-state index contributed by atoms with van der Waals surface area (Å²) in [4.78, 5) is 27.9. The summed E-state index contributed by atoms with van der Waals surface area (Å²) in [6.45, 7) is 1.37. The number of nitrogens with one attached hydrogen (secondary N) is 1. The second-order valence-corrected chi connectivity index (χ2v) is 6.50. The number of rotatable bonds is 7. The third kappa shape index (κ3) is 3.68. The van der Waals surface area contributed by atoms with Gasteiger partial charge in [0.1, 0.15) is 34.7 Å². The van der Waals surface area contributed by atoms with Gasteiger partial charge in [-0.25, -0.2) is 4.98 Å². The highest BCUT2D eigenvalue weighted by molar-refractivity contribution is 7.09. The average Bonchev–Trinajstić information content (AvgIpc) is 3.23. The van der Waals surface area contributed by atoms with Crippen molar-refractivity contribution in [2.45, 2.75) is 19.6 Å². The van der Waals surface area contributed by atoms with Crippen LogP contribution in [0.4, 0.5) is 0 Å². The van der Waals surface area contributed by atoms with Crippen molar-refractivity contribution in [2.75, 3.05) is 6.61 Å². The quantitative estimate of drug-likeness (QED) is 0.572. The number of nitrogens with two attached hydrogens (primary N) is 1. The molecule has 2 aromatic heterocycles. The third-order valence-corrected chi connectivity index (χ3v) is 4.49. The number of aliphatic hydroxyl groups excluding tert-OH is 1. The minimum Gasteiger partial charge on any atom is -0.486 e. The third-order valence-electron chi connectivity index (χ3n) is 3.74. The first kappa shape index (κ1) is 17.9. The summed E-state index contributed by atoms with van der Waals surface area (Å²) in [5.41, 5.74) is 5.92. The molecule has 0 aliphatic heterocycles. The van der Waals surface area contributed by atoms with Crippen LogP contribution >= 0.6 is 11.3 Å². The van der Waals surface area contributed by atoms with E-state index in [0.717, 1.165) is 5.01 Å². The minimum atomic E-state index is -1.17. The smallest absolute Gasteiger partial charge is 0.256 e. The van der Waals surface area contributed by atoms with E-state index in [0.29, 0.717) is 29.1 Å². The maximum atomic E-state index is 12.5. The molecular formula is C17H17N3O5S. The van der Waals surface area contributed by atoms with E-state index in [9.17, 15) is 9.59 Å². The molecule has 26 heavy (non-hydrogen) atoms. The zero-order valence-electron chi connectivity index (χ0n) is 13.9. The van der Waals surface area contributed by atoms with Gasteiger partial charge in [-0.3, -0.25) is 9.59 Å². The molecule has 0 radical (unpaired) electrons. The number of primary amides is 1. The Morgan fingerprint density at radius 2 is 2.27 bits per heavy atom. The Labute approximate surface area is 152 Å². The number of fused-ring (bicyclic) bond motifs is 1. The van der Waals surface area contributed by atoms with Gasteiger partial charge in [0.25, 0.3) is 5.91 Å². The number of amides is 2.